The van der Waals surface area contributed by atoms with Crippen LogP contribution in [0, 0.1) is 0 Å². The van der Waals surface area contributed by atoms with E-state index in [2.05, 4.69) is 10.3 Å². The minimum absolute atomic E-state index is 0.0723. The van der Waals surface area contributed by atoms with Crippen LogP contribution in [-0.4, -0.2) is 24.2 Å². The molecule has 0 saturated carbocycles. The number of fused-ring (bicyclic) bond motifs is 2. The van der Waals surface area contributed by atoms with Crippen LogP contribution in [0.1, 0.15) is 0 Å². The van der Waals surface area contributed by atoms with Gasteiger partial charge in [-0.25, -0.2) is 4.98 Å². The standard InChI is InChI=1S/C18H15ClN2O2/c19-18-14-6-2-1-5-12(14)9-17(21-18)20-10-13-11-22-15-7-3-4-8-16(15)23-13/h1-9,13H,10-11H2,(H,20,21)/t13-/m0/s1. The SMILES string of the molecule is Clc1nc(NC[C@H]2COc3ccccc3O2)cc2ccccc12. The number of hydrogen-bond acceptors (Lipinski definition) is 4. The maximum absolute atomic E-state index is 6.24. The summed E-state index contributed by atoms with van der Waals surface area (Å²) in [6, 6.07) is 17.6. The zero-order chi connectivity index (χ0) is 15.6. The Bertz CT molecular complexity index is 853. The lowest BCUT2D eigenvalue weighted by molar-refractivity contribution is 0.0997. The Hall–Kier alpha value is -2.46. The molecule has 1 aromatic heterocycles. The molecule has 1 N–H and O–H groups in total. The normalized spacial score (nSPS) is 16.3. The molecule has 1 aliphatic heterocycles. The number of aromatic nitrogens is 1. The highest BCUT2D eigenvalue weighted by atomic mass is 35.5. The molecule has 116 valence electrons. The molecule has 0 bridgehead atoms. The van der Waals surface area contributed by atoms with Gasteiger partial charge in [-0.3, -0.25) is 0 Å². The van der Waals surface area contributed by atoms with Gasteiger partial charge < -0.3 is 14.8 Å². The first-order valence-corrected chi connectivity index (χ1v) is 7.85. The maximum atomic E-state index is 6.24. The number of pyridine rings is 1. The average molecular weight is 327 g/mol. The van der Waals surface area contributed by atoms with Gasteiger partial charge in [-0.1, -0.05) is 48.0 Å². The molecule has 23 heavy (non-hydrogen) atoms. The lowest BCUT2D eigenvalue weighted by Crippen LogP contribution is -2.35. The zero-order valence-corrected chi connectivity index (χ0v) is 13.1. The van der Waals surface area contributed by atoms with Gasteiger partial charge in [-0.05, 0) is 23.6 Å². The first kappa shape index (κ1) is 14.2. The number of halogens is 1. The van der Waals surface area contributed by atoms with E-state index in [-0.39, 0.29) is 6.10 Å². The van der Waals surface area contributed by atoms with Crippen molar-refractivity contribution < 1.29 is 9.47 Å². The van der Waals surface area contributed by atoms with Crippen molar-refractivity contribution in [2.75, 3.05) is 18.5 Å². The van der Waals surface area contributed by atoms with Crippen LogP contribution in [0.4, 0.5) is 5.82 Å². The Labute approximate surface area is 139 Å². The highest BCUT2D eigenvalue weighted by Gasteiger charge is 2.20. The molecule has 2 aromatic carbocycles. The van der Waals surface area contributed by atoms with Gasteiger partial charge in [0.15, 0.2) is 11.5 Å². The Balaban J connectivity index is 1.48. The van der Waals surface area contributed by atoms with Gasteiger partial charge in [0.25, 0.3) is 0 Å². The summed E-state index contributed by atoms with van der Waals surface area (Å²) in [7, 11) is 0. The second kappa shape index (κ2) is 5.97. The zero-order valence-electron chi connectivity index (χ0n) is 12.3. The Morgan fingerprint density at radius 1 is 1.09 bits per heavy atom. The summed E-state index contributed by atoms with van der Waals surface area (Å²) in [5.74, 6) is 2.29. The van der Waals surface area contributed by atoms with Crippen LogP contribution >= 0.6 is 11.6 Å². The highest BCUT2D eigenvalue weighted by molar-refractivity contribution is 6.34. The summed E-state index contributed by atoms with van der Waals surface area (Å²) in [6.45, 7) is 1.10. The van der Waals surface area contributed by atoms with Crippen molar-refractivity contribution in [2.45, 2.75) is 6.10 Å². The molecule has 1 atom stereocenters. The summed E-state index contributed by atoms with van der Waals surface area (Å²) >= 11 is 6.24. The maximum Gasteiger partial charge on any atom is 0.161 e. The molecule has 2 heterocycles. The smallest absolute Gasteiger partial charge is 0.161 e. The third-order valence-corrected chi connectivity index (χ3v) is 4.06. The predicted molar refractivity (Wildman–Crippen MR) is 91.6 cm³/mol. The van der Waals surface area contributed by atoms with Crippen LogP contribution in [0.15, 0.2) is 54.6 Å². The second-order valence-electron chi connectivity index (χ2n) is 5.40. The number of nitrogens with one attached hydrogen (secondary N) is 1. The highest BCUT2D eigenvalue weighted by Crippen LogP contribution is 2.31. The molecular weight excluding hydrogens is 312 g/mol. The van der Waals surface area contributed by atoms with Crippen molar-refractivity contribution in [2.24, 2.45) is 0 Å². The van der Waals surface area contributed by atoms with Crippen LogP contribution in [-0.2, 0) is 0 Å². The first-order chi connectivity index (χ1) is 11.3. The molecule has 0 radical (unpaired) electrons. The van der Waals surface area contributed by atoms with Gasteiger partial charge in [-0.15, -0.1) is 0 Å². The van der Waals surface area contributed by atoms with Crippen molar-refractivity contribution in [3.8, 4) is 11.5 Å². The Morgan fingerprint density at radius 3 is 2.78 bits per heavy atom. The van der Waals surface area contributed by atoms with Crippen molar-refractivity contribution in [3.05, 3.63) is 59.8 Å². The van der Waals surface area contributed by atoms with Crippen molar-refractivity contribution >= 4 is 28.2 Å². The number of benzene rings is 2. The molecular formula is C18H15ClN2O2. The van der Waals surface area contributed by atoms with Crippen molar-refractivity contribution in [1.82, 2.24) is 4.98 Å². The van der Waals surface area contributed by atoms with E-state index in [0.29, 0.717) is 18.3 Å². The number of nitrogens with zero attached hydrogens (tertiary/aromatic N) is 1. The number of rotatable bonds is 3. The Kier molecular flexibility index (Phi) is 3.67. The van der Waals surface area contributed by atoms with Crippen molar-refractivity contribution in [3.63, 3.8) is 0 Å². The molecule has 0 fully saturated rings. The van der Waals surface area contributed by atoms with E-state index in [0.717, 1.165) is 28.1 Å². The fraction of sp³-hybridized carbons (Fsp3) is 0.167. The van der Waals surface area contributed by atoms with E-state index in [1.165, 1.54) is 0 Å². The topological polar surface area (TPSA) is 43.4 Å². The number of para-hydroxylation sites is 2. The van der Waals surface area contributed by atoms with Gasteiger partial charge in [0.05, 0.1) is 6.54 Å². The molecule has 3 aromatic rings. The predicted octanol–water partition coefficient (Wildman–Crippen LogP) is 4.14. The van der Waals surface area contributed by atoms with Gasteiger partial charge in [0, 0.05) is 5.39 Å². The van der Waals surface area contributed by atoms with Crippen LogP contribution in [0.3, 0.4) is 0 Å². The molecule has 4 nitrogen and oxygen atoms in total. The molecule has 0 aliphatic carbocycles. The minimum Gasteiger partial charge on any atom is -0.486 e. The van der Waals surface area contributed by atoms with E-state index in [1.807, 2.05) is 54.6 Å². The third kappa shape index (κ3) is 2.90. The average Bonchev–Trinajstić information content (AvgIpc) is 2.60. The first-order valence-electron chi connectivity index (χ1n) is 7.47. The monoisotopic (exact) mass is 326 g/mol. The fourth-order valence-electron chi connectivity index (χ4n) is 2.63. The summed E-state index contributed by atoms with van der Waals surface area (Å²) in [5.41, 5.74) is 0. The third-order valence-electron chi connectivity index (χ3n) is 3.77. The number of anilines is 1. The summed E-state index contributed by atoms with van der Waals surface area (Å²) < 4.78 is 11.6. The van der Waals surface area contributed by atoms with Crippen LogP contribution < -0.4 is 14.8 Å². The van der Waals surface area contributed by atoms with E-state index in [9.17, 15) is 0 Å². The molecule has 1 aliphatic rings. The van der Waals surface area contributed by atoms with Gasteiger partial charge >= 0.3 is 0 Å². The van der Waals surface area contributed by atoms with Gasteiger partial charge in [0.1, 0.15) is 23.7 Å². The van der Waals surface area contributed by atoms with Gasteiger partial charge in [-0.2, -0.15) is 0 Å². The summed E-state index contributed by atoms with van der Waals surface area (Å²) in [6.07, 6.45) is -0.0723. The van der Waals surface area contributed by atoms with E-state index in [4.69, 9.17) is 21.1 Å². The lowest BCUT2D eigenvalue weighted by Gasteiger charge is -2.26. The molecule has 5 heteroatoms. The quantitative estimate of drug-likeness (QED) is 0.735. The molecule has 0 amide bonds. The molecule has 4 rings (SSSR count). The van der Waals surface area contributed by atoms with Crippen LogP contribution in [0.5, 0.6) is 11.5 Å². The van der Waals surface area contributed by atoms with E-state index < -0.39 is 0 Å². The minimum atomic E-state index is -0.0723. The summed E-state index contributed by atoms with van der Waals surface area (Å²) in [4.78, 5) is 4.39. The van der Waals surface area contributed by atoms with Crippen molar-refractivity contribution in [1.29, 1.82) is 0 Å². The van der Waals surface area contributed by atoms with Gasteiger partial charge in [0.2, 0.25) is 0 Å². The Morgan fingerprint density at radius 2 is 1.87 bits per heavy atom. The van der Waals surface area contributed by atoms with Crippen LogP contribution in [0.25, 0.3) is 10.8 Å². The number of hydrogen-bond donors (Lipinski definition) is 1. The number of ether oxygens (including phenoxy) is 2. The second-order valence-corrected chi connectivity index (χ2v) is 5.76. The molecule has 0 spiro atoms. The fourth-order valence-corrected chi connectivity index (χ4v) is 2.89. The largest absolute Gasteiger partial charge is 0.486 e. The molecule has 0 unspecified atom stereocenters. The molecule has 0 saturated heterocycles. The lowest BCUT2D eigenvalue weighted by atomic mass is 10.2. The van der Waals surface area contributed by atoms with Crippen LogP contribution in [0.2, 0.25) is 5.15 Å². The van der Waals surface area contributed by atoms with E-state index >= 15 is 0 Å². The summed E-state index contributed by atoms with van der Waals surface area (Å²) in [5, 5.41) is 5.78. The van der Waals surface area contributed by atoms with E-state index in [1.54, 1.807) is 0 Å².